The summed E-state index contributed by atoms with van der Waals surface area (Å²) in [7, 11) is 2.01. The summed E-state index contributed by atoms with van der Waals surface area (Å²) in [4.78, 5) is 0. The Labute approximate surface area is 123 Å². The normalized spacial score (nSPS) is 13.2. The van der Waals surface area contributed by atoms with Gasteiger partial charge in [0.1, 0.15) is 0 Å². The first-order valence-electron chi connectivity index (χ1n) is 6.54. The molecule has 1 unspecified atom stereocenters. The lowest BCUT2D eigenvalue weighted by Gasteiger charge is -2.19. The molecule has 1 N–H and O–H groups in total. The van der Waals surface area contributed by atoms with Crippen molar-refractivity contribution < 1.29 is 0 Å². The maximum atomic E-state index is 4.31. The zero-order valence-corrected chi connectivity index (χ0v) is 14.1. The van der Waals surface area contributed by atoms with Crippen LogP contribution < -0.4 is 5.32 Å². The molecule has 18 heavy (non-hydrogen) atoms. The topological polar surface area (TPSA) is 29.9 Å². The van der Waals surface area contributed by atoms with Crippen molar-refractivity contribution in [1.29, 1.82) is 0 Å². The fraction of sp³-hybridized carbons (Fsp3) is 0.769. The largest absolute Gasteiger partial charge is 0.308 e. The number of nitrogens with one attached hydrogen (secondary N) is 1. The van der Waals surface area contributed by atoms with Crippen LogP contribution in [0.15, 0.2) is 10.7 Å². The van der Waals surface area contributed by atoms with Gasteiger partial charge in [-0.1, -0.05) is 20.8 Å². The van der Waals surface area contributed by atoms with E-state index in [1.807, 2.05) is 29.7 Å². The van der Waals surface area contributed by atoms with E-state index in [-0.39, 0.29) is 0 Å². The number of aryl methyl sites for hydroxylation is 1. The molecule has 0 aliphatic carbocycles. The molecule has 5 heteroatoms. The van der Waals surface area contributed by atoms with Crippen LogP contribution in [0.4, 0.5) is 0 Å². The third-order valence-corrected chi connectivity index (χ3v) is 4.73. The van der Waals surface area contributed by atoms with Gasteiger partial charge in [-0.2, -0.15) is 16.9 Å². The highest BCUT2D eigenvalue weighted by molar-refractivity contribution is 9.10. The molecule has 1 rings (SSSR count). The van der Waals surface area contributed by atoms with Crippen LogP contribution in [0.3, 0.4) is 0 Å². The Balaban J connectivity index is 2.65. The van der Waals surface area contributed by atoms with Crippen LogP contribution in [0.25, 0.3) is 0 Å². The van der Waals surface area contributed by atoms with Crippen LogP contribution in [0, 0.1) is 5.92 Å². The minimum Gasteiger partial charge on any atom is -0.308 e. The number of thioether (sulfide) groups is 1. The molecular formula is C13H24BrN3S. The van der Waals surface area contributed by atoms with Crippen LogP contribution in [-0.4, -0.2) is 27.8 Å². The smallest absolute Gasteiger partial charge is 0.0700 e. The zero-order valence-electron chi connectivity index (χ0n) is 11.7. The van der Waals surface area contributed by atoms with Gasteiger partial charge in [0.25, 0.3) is 0 Å². The second kappa shape index (κ2) is 8.23. The number of rotatable bonds is 8. The van der Waals surface area contributed by atoms with Crippen molar-refractivity contribution in [1.82, 2.24) is 15.1 Å². The predicted octanol–water partition coefficient (Wildman–Crippen LogP) is 3.61. The molecule has 0 saturated heterocycles. The summed E-state index contributed by atoms with van der Waals surface area (Å²) >= 11 is 5.61. The second-order valence-corrected chi connectivity index (χ2v) is 6.87. The Hall–Kier alpha value is 0. The lowest BCUT2D eigenvalue weighted by Crippen LogP contribution is -2.26. The maximum Gasteiger partial charge on any atom is 0.0700 e. The highest BCUT2D eigenvalue weighted by Gasteiger charge is 2.18. The van der Waals surface area contributed by atoms with Gasteiger partial charge >= 0.3 is 0 Å². The summed E-state index contributed by atoms with van der Waals surface area (Å²) in [5.41, 5.74) is 1.25. The average molecular weight is 334 g/mol. The maximum absolute atomic E-state index is 4.31. The van der Waals surface area contributed by atoms with Gasteiger partial charge in [0.2, 0.25) is 0 Å². The van der Waals surface area contributed by atoms with Gasteiger partial charge in [0.15, 0.2) is 0 Å². The highest BCUT2D eigenvalue weighted by atomic mass is 79.9. The molecule has 1 aromatic heterocycles. The van der Waals surface area contributed by atoms with Crippen molar-refractivity contribution in [3.05, 3.63) is 16.4 Å². The minimum absolute atomic E-state index is 0.371. The molecular weight excluding hydrogens is 310 g/mol. The van der Waals surface area contributed by atoms with E-state index in [4.69, 9.17) is 0 Å². The van der Waals surface area contributed by atoms with Crippen molar-refractivity contribution in [3.8, 4) is 0 Å². The molecule has 1 aromatic rings. The monoisotopic (exact) mass is 333 g/mol. The standard InChI is InChI=1S/C13H24BrN3S/c1-5-6-15-12(9-18-8-10(2)3)13-11(14)7-16-17(13)4/h7,10,12,15H,5-6,8-9H2,1-4H3. The lowest BCUT2D eigenvalue weighted by molar-refractivity contribution is 0.533. The van der Waals surface area contributed by atoms with Gasteiger partial charge in [0, 0.05) is 12.8 Å². The lowest BCUT2D eigenvalue weighted by atomic mass is 10.2. The van der Waals surface area contributed by atoms with Gasteiger partial charge in [0.05, 0.1) is 22.4 Å². The summed E-state index contributed by atoms with van der Waals surface area (Å²) in [6.45, 7) is 7.77. The molecule has 0 bridgehead atoms. The van der Waals surface area contributed by atoms with Gasteiger partial charge in [-0.15, -0.1) is 0 Å². The molecule has 0 radical (unpaired) electrons. The number of halogens is 1. The van der Waals surface area contributed by atoms with Crippen LogP contribution in [0.1, 0.15) is 38.9 Å². The summed E-state index contributed by atoms with van der Waals surface area (Å²) in [5, 5.41) is 7.92. The van der Waals surface area contributed by atoms with Gasteiger partial charge in [-0.05, 0) is 40.6 Å². The fourth-order valence-corrected chi connectivity index (χ4v) is 3.53. The van der Waals surface area contributed by atoms with Gasteiger partial charge < -0.3 is 5.32 Å². The number of aromatic nitrogens is 2. The Kier molecular flexibility index (Phi) is 7.34. The van der Waals surface area contributed by atoms with Crippen LogP contribution >= 0.6 is 27.7 Å². The van der Waals surface area contributed by atoms with Crippen molar-refractivity contribution >= 4 is 27.7 Å². The Morgan fingerprint density at radius 3 is 2.67 bits per heavy atom. The SMILES string of the molecule is CCCNC(CSCC(C)C)c1c(Br)cnn1C. The third kappa shape index (κ3) is 4.94. The molecule has 0 fully saturated rings. The van der Waals surface area contributed by atoms with Crippen molar-refractivity contribution in [3.63, 3.8) is 0 Å². The van der Waals surface area contributed by atoms with E-state index in [9.17, 15) is 0 Å². The van der Waals surface area contributed by atoms with E-state index < -0.39 is 0 Å². The molecule has 104 valence electrons. The van der Waals surface area contributed by atoms with E-state index in [0.29, 0.717) is 6.04 Å². The molecule has 0 saturated carbocycles. The summed E-state index contributed by atoms with van der Waals surface area (Å²) < 4.78 is 3.07. The second-order valence-electron chi connectivity index (χ2n) is 4.94. The van der Waals surface area contributed by atoms with Crippen LogP contribution in [0.5, 0.6) is 0 Å². The highest BCUT2D eigenvalue weighted by Crippen LogP contribution is 2.26. The average Bonchev–Trinajstić information content (AvgIpc) is 2.63. The van der Waals surface area contributed by atoms with Crippen molar-refractivity contribution in [2.24, 2.45) is 13.0 Å². The Morgan fingerprint density at radius 2 is 2.17 bits per heavy atom. The molecule has 0 spiro atoms. The van der Waals surface area contributed by atoms with Gasteiger partial charge in [-0.3, -0.25) is 4.68 Å². The van der Waals surface area contributed by atoms with Crippen LogP contribution in [-0.2, 0) is 7.05 Å². The molecule has 0 amide bonds. The predicted molar refractivity (Wildman–Crippen MR) is 84.1 cm³/mol. The molecule has 0 aromatic carbocycles. The number of hydrogen-bond donors (Lipinski definition) is 1. The number of nitrogens with zero attached hydrogens (tertiary/aromatic N) is 2. The van der Waals surface area contributed by atoms with E-state index in [1.165, 1.54) is 11.4 Å². The summed E-state index contributed by atoms with van der Waals surface area (Å²) in [5.74, 6) is 3.05. The van der Waals surface area contributed by atoms with E-state index in [0.717, 1.165) is 29.1 Å². The molecule has 1 atom stereocenters. The van der Waals surface area contributed by atoms with Crippen LogP contribution in [0.2, 0.25) is 0 Å². The zero-order chi connectivity index (χ0) is 13.5. The fourth-order valence-electron chi connectivity index (χ4n) is 1.79. The first kappa shape index (κ1) is 16.1. The first-order chi connectivity index (χ1) is 8.56. The minimum atomic E-state index is 0.371. The molecule has 0 aliphatic heterocycles. The molecule has 1 heterocycles. The first-order valence-corrected chi connectivity index (χ1v) is 8.49. The quantitative estimate of drug-likeness (QED) is 0.788. The van der Waals surface area contributed by atoms with Crippen molar-refractivity contribution in [2.75, 3.05) is 18.1 Å². The van der Waals surface area contributed by atoms with Crippen molar-refractivity contribution in [2.45, 2.75) is 33.2 Å². The van der Waals surface area contributed by atoms with E-state index in [2.05, 4.69) is 47.1 Å². The summed E-state index contributed by atoms with van der Waals surface area (Å²) in [6.07, 6.45) is 3.03. The van der Waals surface area contributed by atoms with Gasteiger partial charge in [-0.25, -0.2) is 0 Å². The van der Waals surface area contributed by atoms with E-state index >= 15 is 0 Å². The van der Waals surface area contributed by atoms with E-state index in [1.54, 1.807) is 0 Å². The Bertz CT molecular complexity index is 333. The number of hydrogen-bond acceptors (Lipinski definition) is 3. The Morgan fingerprint density at radius 1 is 1.44 bits per heavy atom. The molecule has 0 aliphatic rings. The summed E-state index contributed by atoms with van der Waals surface area (Å²) in [6, 6.07) is 0.371. The third-order valence-electron chi connectivity index (χ3n) is 2.64. The molecule has 3 nitrogen and oxygen atoms in total.